The summed E-state index contributed by atoms with van der Waals surface area (Å²) in [6.45, 7) is 9.55. The number of thiophene rings is 1. The number of anilines is 1. The average molecular weight is 472 g/mol. The largest absolute Gasteiger partial charge is 0.357 e. The Morgan fingerprint density at radius 2 is 1.96 bits per heavy atom. The summed E-state index contributed by atoms with van der Waals surface area (Å²) < 4.78 is 0. The third-order valence-electron chi connectivity index (χ3n) is 4.09. The van der Waals surface area contributed by atoms with Crippen LogP contribution in [0.3, 0.4) is 0 Å². The van der Waals surface area contributed by atoms with Crippen molar-refractivity contribution in [3.63, 3.8) is 0 Å². The van der Waals surface area contributed by atoms with Gasteiger partial charge in [-0.05, 0) is 36.9 Å². The van der Waals surface area contributed by atoms with E-state index in [1.54, 1.807) is 23.7 Å². The Labute approximate surface area is 170 Å². The fourth-order valence-corrected chi connectivity index (χ4v) is 3.54. The van der Waals surface area contributed by atoms with E-state index < -0.39 is 0 Å². The Morgan fingerprint density at radius 1 is 1.24 bits per heavy atom. The lowest BCUT2D eigenvalue weighted by Crippen LogP contribution is -2.52. The lowest BCUT2D eigenvalue weighted by molar-refractivity contribution is 0.370. The number of piperazine rings is 1. The van der Waals surface area contributed by atoms with E-state index in [0.29, 0.717) is 0 Å². The van der Waals surface area contributed by atoms with Gasteiger partial charge in [0.05, 0.1) is 6.54 Å². The van der Waals surface area contributed by atoms with Crippen LogP contribution in [-0.4, -0.2) is 53.6 Å². The van der Waals surface area contributed by atoms with E-state index in [4.69, 9.17) is 4.99 Å². The number of aryl methyl sites for hydroxylation is 1. The van der Waals surface area contributed by atoms with Crippen molar-refractivity contribution in [2.45, 2.75) is 20.4 Å². The van der Waals surface area contributed by atoms with E-state index >= 15 is 0 Å². The molecule has 0 spiro atoms. The molecule has 0 unspecified atom stereocenters. The lowest BCUT2D eigenvalue weighted by atomic mass is 10.3. The third-order valence-corrected chi connectivity index (χ3v) is 5.10. The maximum absolute atomic E-state index is 4.83. The molecule has 2 aromatic heterocycles. The summed E-state index contributed by atoms with van der Waals surface area (Å²) in [5.74, 6) is 1.81. The van der Waals surface area contributed by atoms with E-state index in [-0.39, 0.29) is 24.0 Å². The normalized spacial score (nSPS) is 15.0. The topological polar surface area (TPSA) is 56.7 Å². The summed E-state index contributed by atoms with van der Waals surface area (Å²) in [4.78, 5) is 19.4. The van der Waals surface area contributed by atoms with Crippen molar-refractivity contribution < 1.29 is 0 Å². The van der Waals surface area contributed by atoms with Gasteiger partial charge in [-0.15, -0.1) is 35.3 Å². The number of nitrogens with zero attached hydrogens (tertiary/aromatic N) is 5. The van der Waals surface area contributed by atoms with Crippen LogP contribution in [0, 0.1) is 6.92 Å². The van der Waals surface area contributed by atoms with Gasteiger partial charge >= 0.3 is 0 Å². The van der Waals surface area contributed by atoms with Crippen LogP contribution in [0.15, 0.2) is 34.9 Å². The second-order valence-electron chi connectivity index (χ2n) is 5.72. The Hall–Kier alpha value is -1.42. The summed E-state index contributed by atoms with van der Waals surface area (Å²) in [6, 6.07) is 4.00. The molecule has 3 rings (SSSR count). The quantitative estimate of drug-likeness (QED) is 0.422. The molecular formula is C17H25IN6S. The molecular weight excluding hydrogens is 447 g/mol. The zero-order chi connectivity index (χ0) is 16.8. The maximum atomic E-state index is 4.83. The van der Waals surface area contributed by atoms with Gasteiger partial charge in [0.1, 0.15) is 0 Å². The number of aliphatic imine (C=N–C) groups is 1. The predicted octanol–water partition coefficient (Wildman–Crippen LogP) is 2.75. The van der Waals surface area contributed by atoms with Gasteiger partial charge in [0.2, 0.25) is 5.95 Å². The molecule has 1 aliphatic rings. The van der Waals surface area contributed by atoms with Gasteiger partial charge in [-0.3, -0.25) is 0 Å². The van der Waals surface area contributed by atoms with Gasteiger partial charge in [0, 0.05) is 50.0 Å². The van der Waals surface area contributed by atoms with Crippen LogP contribution < -0.4 is 10.2 Å². The van der Waals surface area contributed by atoms with Crippen LogP contribution >= 0.6 is 35.3 Å². The Kier molecular flexibility index (Phi) is 7.89. The van der Waals surface area contributed by atoms with Crippen molar-refractivity contribution in [3.05, 3.63) is 40.3 Å². The summed E-state index contributed by atoms with van der Waals surface area (Å²) in [7, 11) is 0. The first kappa shape index (κ1) is 19.9. The van der Waals surface area contributed by atoms with Gasteiger partial charge < -0.3 is 15.1 Å². The SMILES string of the molecule is CCNC(=NCc1sccc1C)N1CCN(c2ncccn2)CC1.I. The molecule has 25 heavy (non-hydrogen) atoms. The Morgan fingerprint density at radius 3 is 2.56 bits per heavy atom. The Balaban J connectivity index is 0.00000225. The predicted molar refractivity (Wildman–Crippen MR) is 115 cm³/mol. The smallest absolute Gasteiger partial charge is 0.225 e. The zero-order valence-electron chi connectivity index (χ0n) is 14.7. The number of hydrogen-bond acceptors (Lipinski definition) is 5. The second kappa shape index (κ2) is 9.91. The standard InChI is InChI=1S/C17H24N6S.HI/c1-3-18-16(21-13-15-14(2)5-12-24-15)22-8-10-23(11-9-22)17-19-6-4-7-20-17;/h4-7,12H,3,8-11,13H2,1-2H3,(H,18,21);1H. The van der Waals surface area contributed by atoms with Gasteiger partial charge in [0.15, 0.2) is 5.96 Å². The lowest BCUT2D eigenvalue weighted by Gasteiger charge is -2.36. The van der Waals surface area contributed by atoms with Gasteiger partial charge in [-0.25, -0.2) is 15.0 Å². The van der Waals surface area contributed by atoms with Crippen molar-refractivity contribution in [2.75, 3.05) is 37.6 Å². The summed E-state index contributed by atoms with van der Waals surface area (Å²) in [5.41, 5.74) is 1.32. The molecule has 0 atom stereocenters. The van der Waals surface area contributed by atoms with Crippen LogP contribution in [0.4, 0.5) is 5.95 Å². The molecule has 6 nitrogen and oxygen atoms in total. The van der Waals surface area contributed by atoms with E-state index in [1.165, 1.54) is 10.4 Å². The highest BCUT2D eigenvalue weighted by molar-refractivity contribution is 14.0. The second-order valence-corrected chi connectivity index (χ2v) is 6.72. The molecule has 0 aromatic carbocycles. The van der Waals surface area contributed by atoms with Crippen LogP contribution in [0.25, 0.3) is 0 Å². The summed E-state index contributed by atoms with van der Waals surface area (Å²) in [6.07, 6.45) is 3.59. The summed E-state index contributed by atoms with van der Waals surface area (Å²) >= 11 is 1.78. The summed E-state index contributed by atoms with van der Waals surface area (Å²) in [5, 5.41) is 5.55. The number of nitrogens with one attached hydrogen (secondary N) is 1. The fraction of sp³-hybridized carbons (Fsp3) is 0.471. The van der Waals surface area contributed by atoms with E-state index in [9.17, 15) is 0 Å². The molecule has 8 heteroatoms. The van der Waals surface area contributed by atoms with Crippen LogP contribution in [0.1, 0.15) is 17.4 Å². The minimum absolute atomic E-state index is 0. The molecule has 3 heterocycles. The van der Waals surface area contributed by atoms with E-state index in [2.05, 4.69) is 50.4 Å². The van der Waals surface area contributed by atoms with Crippen molar-refractivity contribution in [1.29, 1.82) is 0 Å². The van der Waals surface area contributed by atoms with Gasteiger partial charge in [-0.2, -0.15) is 0 Å². The molecule has 0 radical (unpaired) electrons. The molecule has 0 saturated carbocycles. The molecule has 1 fully saturated rings. The van der Waals surface area contributed by atoms with Gasteiger partial charge in [0.25, 0.3) is 0 Å². The molecule has 1 N–H and O–H groups in total. The number of guanidine groups is 1. The first-order valence-corrected chi connectivity index (χ1v) is 9.24. The minimum Gasteiger partial charge on any atom is -0.357 e. The highest BCUT2D eigenvalue weighted by atomic mass is 127. The highest BCUT2D eigenvalue weighted by Gasteiger charge is 2.21. The molecule has 0 amide bonds. The monoisotopic (exact) mass is 472 g/mol. The molecule has 0 aliphatic carbocycles. The first-order chi connectivity index (χ1) is 11.8. The van der Waals surface area contributed by atoms with Crippen LogP contribution in [-0.2, 0) is 6.54 Å². The third kappa shape index (κ3) is 5.27. The van der Waals surface area contributed by atoms with Crippen molar-refractivity contribution in [2.24, 2.45) is 4.99 Å². The molecule has 1 saturated heterocycles. The average Bonchev–Trinajstić information content (AvgIpc) is 3.04. The number of rotatable bonds is 4. The maximum Gasteiger partial charge on any atom is 0.225 e. The van der Waals surface area contributed by atoms with Crippen molar-refractivity contribution >= 4 is 47.2 Å². The van der Waals surface area contributed by atoms with Crippen molar-refractivity contribution in [3.8, 4) is 0 Å². The highest BCUT2D eigenvalue weighted by Crippen LogP contribution is 2.17. The van der Waals surface area contributed by atoms with Gasteiger partial charge in [-0.1, -0.05) is 0 Å². The zero-order valence-corrected chi connectivity index (χ0v) is 17.8. The van der Waals surface area contributed by atoms with E-state index in [1.807, 2.05) is 6.07 Å². The molecule has 1 aliphatic heterocycles. The Bertz CT molecular complexity index is 667. The van der Waals surface area contributed by atoms with Crippen LogP contribution in [0.2, 0.25) is 0 Å². The minimum atomic E-state index is 0. The van der Waals surface area contributed by atoms with Crippen molar-refractivity contribution in [1.82, 2.24) is 20.2 Å². The van der Waals surface area contributed by atoms with E-state index in [0.717, 1.165) is 51.2 Å². The number of halogens is 1. The molecule has 136 valence electrons. The fourth-order valence-electron chi connectivity index (χ4n) is 2.71. The van der Waals surface area contributed by atoms with Crippen LogP contribution in [0.5, 0.6) is 0 Å². The first-order valence-electron chi connectivity index (χ1n) is 8.36. The number of aromatic nitrogens is 2. The molecule has 2 aromatic rings. The number of hydrogen-bond donors (Lipinski definition) is 1. The molecule has 0 bridgehead atoms.